The van der Waals surface area contributed by atoms with Crippen LogP contribution < -0.4 is 0 Å². The molecular weight excluding hydrogens is 250 g/mol. The standard InChI is InChI=1S/C14H10ClNS/c15-13-7-4-8-14(12(13)9-16)17-10-11-5-2-1-3-6-11/h1-8H,10H2. The van der Waals surface area contributed by atoms with Gasteiger partial charge >= 0.3 is 0 Å². The summed E-state index contributed by atoms with van der Waals surface area (Å²) in [7, 11) is 0. The zero-order valence-corrected chi connectivity index (χ0v) is 10.6. The predicted molar refractivity (Wildman–Crippen MR) is 72.2 cm³/mol. The van der Waals surface area contributed by atoms with Crippen molar-refractivity contribution >= 4 is 23.4 Å². The van der Waals surface area contributed by atoms with Crippen LogP contribution in [0.5, 0.6) is 0 Å². The largest absolute Gasteiger partial charge is 0.192 e. The molecule has 2 rings (SSSR count). The monoisotopic (exact) mass is 259 g/mol. The summed E-state index contributed by atoms with van der Waals surface area (Å²) in [6.07, 6.45) is 0. The lowest BCUT2D eigenvalue weighted by molar-refractivity contribution is 1.34. The summed E-state index contributed by atoms with van der Waals surface area (Å²) in [6.45, 7) is 0. The lowest BCUT2D eigenvalue weighted by atomic mass is 10.2. The quantitative estimate of drug-likeness (QED) is 0.758. The van der Waals surface area contributed by atoms with Gasteiger partial charge in [0.25, 0.3) is 0 Å². The van der Waals surface area contributed by atoms with Gasteiger partial charge in [-0.15, -0.1) is 11.8 Å². The minimum Gasteiger partial charge on any atom is -0.192 e. The highest BCUT2D eigenvalue weighted by molar-refractivity contribution is 7.98. The molecule has 1 nitrogen and oxygen atoms in total. The fraction of sp³-hybridized carbons (Fsp3) is 0.0714. The van der Waals surface area contributed by atoms with Gasteiger partial charge in [-0.1, -0.05) is 48.0 Å². The molecule has 0 atom stereocenters. The van der Waals surface area contributed by atoms with Crippen LogP contribution in [0.2, 0.25) is 5.02 Å². The fourth-order valence-electron chi connectivity index (χ4n) is 1.47. The zero-order valence-electron chi connectivity index (χ0n) is 9.06. The van der Waals surface area contributed by atoms with E-state index in [-0.39, 0.29) is 0 Å². The van der Waals surface area contributed by atoms with Gasteiger partial charge in [0.15, 0.2) is 0 Å². The normalized spacial score (nSPS) is 9.88. The first-order valence-electron chi connectivity index (χ1n) is 5.16. The number of thioether (sulfide) groups is 1. The maximum Gasteiger partial charge on any atom is 0.102 e. The van der Waals surface area contributed by atoms with Crippen molar-refractivity contribution < 1.29 is 0 Å². The maximum absolute atomic E-state index is 9.05. The van der Waals surface area contributed by atoms with Crippen molar-refractivity contribution in [2.45, 2.75) is 10.6 Å². The Bertz CT molecular complexity index is 546. The molecule has 0 saturated carbocycles. The number of halogens is 1. The maximum atomic E-state index is 9.05. The van der Waals surface area contributed by atoms with E-state index in [1.807, 2.05) is 30.3 Å². The Kier molecular flexibility index (Phi) is 4.08. The second-order valence-corrected chi connectivity index (χ2v) is 4.92. The SMILES string of the molecule is N#Cc1c(Cl)cccc1SCc1ccccc1. The van der Waals surface area contributed by atoms with Crippen molar-refractivity contribution in [1.29, 1.82) is 5.26 Å². The van der Waals surface area contributed by atoms with Crippen LogP contribution in [0, 0.1) is 11.3 Å². The molecule has 0 unspecified atom stereocenters. The van der Waals surface area contributed by atoms with Crippen LogP contribution in [0.3, 0.4) is 0 Å². The molecule has 0 aliphatic carbocycles. The van der Waals surface area contributed by atoms with E-state index in [1.165, 1.54) is 5.56 Å². The van der Waals surface area contributed by atoms with Crippen LogP contribution in [0.25, 0.3) is 0 Å². The second kappa shape index (κ2) is 5.77. The molecule has 3 heteroatoms. The van der Waals surface area contributed by atoms with Crippen molar-refractivity contribution in [2.24, 2.45) is 0 Å². The van der Waals surface area contributed by atoms with Gasteiger partial charge in [-0.25, -0.2) is 0 Å². The number of rotatable bonds is 3. The average molecular weight is 260 g/mol. The van der Waals surface area contributed by atoms with E-state index >= 15 is 0 Å². The Hall–Kier alpha value is -1.43. The molecule has 0 fully saturated rings. The highest BCUT2D eigenvalue weighted by Gasteiger charge is 2.06. The highest BCUT2D eigenvalue weighted by Crippen LogP contribution is 2.29. The number of nitriles is 1. The molecule has 0 bridgehead atoms. The van der Waals surface area contributed by atoms with E-state index in [2.05, 4.69) is 18.2 Å². The first kappa shape index (κ1) is 12.0. The number of benzene rings is 2. The number of hydrogen-bond acceptors (Lipinski definition) is 2. The van der Waals surface area contributed by atoms with Gasteiger partial charge < -0.3 is 0 Å². The summed E-state index contributed by atoms with van der Waals surface area (Å²) in [5.74, 6) is 0.843. The fourth-order valence-corrected chi connectivity index (χ4v) is 2.73. The molecule has 0 amide bonds. The molecule has 2 aromatic rings. The lowest BCUT2D eigenvalue weighted by Crippen LogP contribution is -1.84. The molecule has 0 saturated heterocycles. The average Bonchev–Trinajstić information content (AvgIpc) is 2.37. The van der Waals surface area contributed by atoms with E-state index in [0.717, 1.165) is 10.6 Å². The topological polar surface area (TPSA) is 23.8 Å². The van der Waals surface area contributed by atoms with Crippen LogP contribution in [0.4, 0.5) is 0 Å². The summed E-state index contributed by atoms with van der Waals surface area (Å²) in [5.41, 5.74) is 1.80. The Morgan fingerprint density at radius 1 is 1.06 bits per heavy atom. The first-order valence-corrected chi connectivity index (χ1v) is 6.53. The van der Waals surface area contributed by atoms with E-state index in [0.29, 0.717) is 10.6 Å². The Labute approximate surface area is 110 Å². The van der Waals surface area contributed by atoms with Crippen LogP contribution in [0.15, 0.2) is 53.4 Å². The van der Waals surface area contributed by atoms with Crippen molar-refractivity contribution in [1.82, 2.24) is 0 Å². The van der Waals surface area contributed by atoms with Crippen LogP contribution in [-0.2, 0) is 5.75 Å². The zero-order chi connectivity index (χ0) is 12.1. The molecule has 0 aliphatic heterocycles. The Morgan fingerprint density at radius 3 is 2.53 bits per heavy atom. The van der Waals surface area contributed by atoms with Gasteiger partial charge in [0.05, 0.1) is 10.6 Å². The molecule has 0 aromatic heterocycles. The van der Waals surface area contributed by atoms with Crippen LogP contribution in [-0.4, -0.2) is 0 Å². The molecule has 2 aromatic carbocycles. The molecule has 17 heavy (non-hydrogen) atoms. The first-order chi connectivity index (χ1) is 8.31. The third-order valence-electron chi connectivity index (χ3n) is 2.32. The molecule has 0 radical (unpaired) electrons. The third-order valence-corrected chi connectivity index (χ3v) is 3.77. The van der Waals surface area contributed by atoms with Gasteiger partial charge in [0, 0.05) is 10.6 Å². The second-order valence-electron chi connectivity index (χ2n) is 3.50. The van der Waals surface area contributed by atoms with E-state index in [9.17, 15) is 0 Å². The van der Waals surface area contributed by atoms with Crippen molar-refractivity contribution in [3.05, 3.63) is 64.7 Å². The smallest absolute Gasteiger partial charge is 0.102 e. The van der Waals surface area contributed by atoms with Gasteiger partial charge in [-0.05, 0) is 17.7 Å². The predicted octanol–water partition coefficient (Wildman–Crippen LogP) is 4.50. The van der Waals surface area contributed by atoms with Crippen LogP contribution >= 0.6 is 23.4 Å². The van der Waals surface area contributed by atoms with Gasteiger partial charge in [0.1, 0.15) is 6.07 Å². The molecule has 84 valence electrons. The van der Waals surface area contributed by atoms with Gasteiger partial charge in [-0.3, -0.25) is 0 Å². The summed E-state index contributed by atoms with van der Waals surface area (Å²) >= 11 is 7.61. The summed E-state index contributed by atoms with van der Waals surface area (Å²) < 4.78 is 0. The highest BCUT2D eigenvalue weighted by atomic mass is 35.5. The van der Waals surface area contributed by atoms with Crippen molar-refractivity contribution in [3.8, 4) is 6.07 Å². The van der Waals surface area contributed by atoms with E-state index < -0.39 is 0 Å². The lowest BCUT2D eigenvalue weighted by Gasteiger charge is -2.05. The summed E-state index contributed by atoms with van der Waals surface area (Å²) in [4.78, 5) is 0.934. The van der Waals surface area contributed by atoms with E-state index in [1.54, 1.807) is 17.8 Å². The van der Waals surface area contributed by atoms with Crippen molar-refractivity contribution in [2.75, 3.05) is 0 Å². The van der Waals surface area contributed by atoms with Crippen LogP contribution in [0.1, 0.15) is 11.1 Å². The third kappa shape index (κ3) is 3.03. The minimum absolute atomic E-state index is 0.519. The summed E-state index contributed by atoms with van der Waals surface area (Å²) in [5, 5.41) is 9.57. The van der Waals surface area contributed by atoms with Gasteiger partial charge in [-0.2, -0.15) is 5.26 Å². The Morgan fingerprint density at radius 2 is 1.82 bits per heavy atom. The molecule has 0 spiro atoms. The molecule has 0 heterocycles. The Balaban J connectivity index is 2.15. The van der Waals surface area contributed by atoms with Gasteiger partial charge in [0.2, 0.25) is 0 Å². The number of hydrogen-bond donors (Lipinski definition) is 0. The number of nitrogens with zero attached hydrogens (tertiary/aromatic N) is 1. The summed E-state index contributed by atoms with van der Waals surface area (Å²) in [6, 6.07) is 17.9. The minimum atomic E-state index is 0.519. The molecule has 0 aliphatic rings. The van der Waals surface area contributed by atoms with E-state index in [4.69, 9.17) is 16.9 Å². The molecule has 0 N–H and O–H groups in total. The molecular formula is C14H10ClNS. The van der Waals surface area contributed by atoms with Crippen molar-refractivity contribution in [3.63, 3.8) is 0 Å².